The third-order valence-electron chi connectivity index (χ3n) is 3.51. The molecule has 2 rings (SSSR count). The van der Waals surface area contributed by atoms with Gasteiger partial charge in [-0.05, 0) is 18.9 Å². The minimum absolute atomic E-state index is 0.115. The van der Waals surface area contributed by atoms with E-state index in [1.165, 1.54) is 6.20 Å². The molecule has 1 aromatic heterocycles. The smallest absolute Gasteiger partial charge is 0.255 e. The zero-order valence-corrected chi connectivity index (χ0v) is 11.1. The highest BCUT2D eigenvalue weighted by Gasteiger charge is 2.30. The lowest BCUT2D eigenvalue weighted by molar-refractivity contribution is 0.0268. The number of aromatic nitrogens is 1. The number of likely N-dealkylation sites (N-methyl/N-ethyl adjacent to an activating group) is 1. The number of halogens is 1. The molecule has 1 fully saturated rings. The van der Waals surface area contributed by atoms with Crippen molar-refractivity contribution in [3.05, 3.63) is 29.0 Å². The van der Waals surface area contributed by atoms with Gasteiger partial charge in [0.1, 0.15) is 0 Å². The van der Waals surface area contributed by atoms with Crippen LogP contribution in [0.5, 0.6) is 0 Å². The maximum absolute atomic E-state index is 12.3. The van der Waals surface area contributed by atoms with Gasteiger partial charge in [0.05, 0.1) is 22.7 Å². The summed E-state index contributed by atoms with van der Waals surface area (Å²) in [6.45, 7) is 0. The summed E-state index contributed by atoms with van der Waals surface area (Å²) in [4.78, 5) is 17.8. The molecule has 2 unspecified atom stereocenters. The van der Waals surface area contributed by atoms with Crippen LogP contribution in [0.25, 0.3) is 0 Å². The molecule has 4 nitrogen and oxygen atoms in total. The topological polar surface area (TPSA) is 53.4 Å². The van der Waals surface area contributed by atoms with Crippen molar-refractivity contribution in [2.24, 2.45) is 0 Å². The van der Waals surface area contributed by atoms with E-state index in [-0.39, 0.29) is 11.9 Å². The Hall–Kier alpha value is -1.13. The summed E-state index contributed by atoms with van der Waals surface area (Å²) in [5.74, 6) is -0.159. The summed E-state index contributed by atoms with van der Waals surface area (Å²) in [7, 11) is 1.72. The molecule has 5 heteroatoms. The third-order valence-corrected chi connectivity index (χ3v) is 3.82. The van der Waals surface area contributed by atoms with Crippen LogP contribution in [0.3, 0.4) is 0 Å². The Balaban J connectivity index is 2.16. The molecule has 1 saturated carbocycles. The highest BCUT2D eigenvalue weighted by Crippen LogP contribution is 2.24. The second-order valence-corrected chi connectivity index (χ2v) is 5.10. The first-order chi connectivity index (χ1) is 8.61. The molecule has 0 saturated heterocycles. The number of aliphatic hydroxyl groups excluding tert-OH is 1. The molecule has 1 heterocycles. The first-order valence-electron chi connectivity index (χ1n) is 6.16. The molecule has 0 aromatic carbocycles. The maximum Gasteiger partial charge on any atom is 0.255 e. The van der Waals surface area contributed by atoms with Crippen LogP contribution in [-0.4, -0.2) is 40.1 Å². The van der Waals surface area contributed by atoms with Crippen LogP contribution in [-0.2, 0) is 0 Å². The van der Waals surface area contributed by atoms with Gasteiger partial charge in [0.25, 0.3) is 5.91 Å². The van der Waals surface area contributed by atoms with Crippen molar-refractivity contribution >= 4 is 17.5 Å². The predicted molar refractivity (Wildman–Crippen MR) is 69.6 cm³/mol. The summed E-state index contributed by atoms with van der Waals surface area (Å²) < 4.78 is 0. The van der Waals surface area contributed by atoms with Crippen molar-refractivity contribution in [1.29, 1.82) is 0 Å². The number of carbonyl (C=O) groups excluding carboxylic acids is 1. The van der Waals surface area contributed by atoms with Crippen molar-refractivity contribution in [1.82, 2.24) is 9.88 Å². The molecule has 0 aliphatic heterocycles. The van der Waals surface area contributed by atoms with Gasteiger partial charge in [-0.25, -0.2) is 0 Å². The molecule has 1 aromatic rings. The summed E-state index contributed by atoms with van der Waals surface area (Å²) in [6.07, 6.45) is 6.23. The van der Waals surface area contributed by atoms with Crippen LogP contribution in [0.15, 0.2) is 18.5 Å². The van der Waals surface area contributed by atoms with Crippen LogP contribution >= 0.6 is 11.6 Å². The average molecular weight is 269 g/mol. The SMILES string of the molecule is CN(C(=O)c1ccncc1Cl)C1CCCCC1O. The normalized spacial score (nSPS) is 23.7. The first kappa shape index (κ1) is 13.3. The number of amides is 1. The summed E-state index contributed by atoms with van der Waals surface area (Å²) in [6, 6.07) is 1.49. The zero-order chi connectivity index (χ0) is 13.1. The fourth-order valence-corrected chi connectivity index (χ4v) is 2.63. The number of nitrogens with zero attached hydrogens (tertiary/aromatic N) is 2. The van der Waals surface area contributed by atoms with Gasteiger partial charge >= 0.3 is 0 Å². The van der Waals surface area contributed by atoms with E-state index in [0.29, 0.717) is 10.6 Å². The molecule has 0 spiro atoms. The number of rotatable bonds is 2. The number of pyridine rings is 1. The molecule has 18 heavy (non-hydrogen) atoms. The molecule has 98 valence electrons. The number of aliphatic hydroxyl groups is 1. The van der Waals surface area contributed by atoms with Gasteiger partial charge in [0.15, 0.2) is 0 Å². The Bertz CT molecular complexity index is 439. The van der Waals surface area contributed by atoms with Gasteiger partial charge in [-0.3, -0.25) is 9.78 Å². The molecule has 1 aliphatic rings. The van der Waals surface area contributed by atoms with Gasteiger partial charge in [-0.2, -0.15) is 0 Å². The quantitative estimate of drug-likeness (QED) is 0.894. The lowest BCUT2D eigenvalue weighted by atomic mass is 9.91. The highest BCUT2D eigenvalue weighted by atomic mass is 35.5. The lowest BCUT2D eigenvalue weighted by Crippen LogP contribution is -2.46. The number of hydrogen-bond acceptors (Lipinski definition) is 3. The summed E-state index contributed by atoms with van der Waals surface area (Å²) in [5.41, 5.74) is 0.437. The fraction of sp³-hybridized carbons (Fsp3) is 0.538. The highest BCUT2D eigenvalue weighted by molar-refractivity contribution is 6.33. The Labute approximate surface area is 112 Å². The largest absolute Gasteiger partial charge is 0.391 e. The Morgan fingerprint density at radius 3 is 2.89 bits per heavy atom. The predicted octanol–water partition coefficient (Wildman–Crippen LogP) is 2.11. The number of hydrogen-bond donors (Lipinski definition) is 1. The van der Waals surface area contributed by atoms with E-state index in [9.17, 15) is 9.90 Å². The second-order valence-electron chi connectivity index (χ2n) is 4.69. The monoisotopic (exact) mass is 268 g/mol. The molecule has 2 atom stereocenters. The molecular weight excluding hydrogens is 252 g/mol. The lowest BCUT2D eigenvalue weighted by Gasteiger charge is -2.35. The minimum Gasteiger partial charge on any atom is -0.391 e. The van der Waals surface area contributed by atoms with Crippen molar-refractivity contribution in [3.63, 3.8) is 0 Å². The van der Waals surface area contributed by atoms with Gasteiger partial charge in [-0.15, -0.1) is 0 Å². The van der Waals surface area contributed by atoms with E-state index in [4.69, 9.17) is 11.6 Å². The minimum atomic E-state index is -0.437. The molecule has 0 bridgehead atoms. The van der Waals surface area contributed by atoms with Gasteiger partial charge in [-0.1, -0.05) is 24.4 Å². The summed E-state index contributed by atoms with van der Waals surface area (Å²) >= 11 is 5.97. The zero-order valence-electron chi connectivity index (χ0n) is 10.3. The van der Waals surface area contributed by atoms with Gasteiger partial charge in [0.2, 0.25) is 0 Å². The van der Waals surface area contributed by atoms with Crippen LogP contribution in [0.4, 0.5) is 0 Å². The van der Waals surface area contributed by atoms with E-state index in [1.54, 1.807) is 24.2 Å². The Morgan fingerprint density at radius 2 is 2.22 bits per heavy atom. The van der Waals surface area contributed by atoms with Crippen molar-refractivity contribution in [2.45, 2.75) is 37.8 Å². The van der Waals surface area contributed by atoms with Crippen molar-refractivity contribution in [3.8, 4) is 0 Å². The van der Waals surface area contributed by atoms with Crippen molar-refractivity contribution < 1.29 is 9.90 Å². The van der Waals surface area contributed by atoms with E-state index >= 15 is 0 Å². The third kappa shape index (κ3) is 2.65. The second kappa shape index (κ2) is 5.67. The van der Waals surface area contributed by atoms with Gasteiger partial charge < -0.3 is 10.0 Å². The van der Waals surface area contributed by atoms with Crippen LogP contribution in [0, 0.1) is 0 Å². The Kier molecular flexibility index (Phi) is 4.19. The van der Waals surface area contributed by atoms with Crippen LogP contribution in [0.2, 0.25) is 5.02 Å². The summed E-state index contributed by atoms with van der Waals surface area (Å²) in [5, 5.41) is 10.3. The van der Waals surface area contributed by atoms with Gasteiger partial charge in [0, 0.05) is 19.4 Å². The van der Waals surface area contributed by atoms with E-state index in [0.717, 1.165) is 25.7 Å². The van der Waals surface area contributed by atoms with E-state index in [1.807, 2.05) is 0 Å². The van der Waals surface area contributed by atoms with E-state index in [2.05, 4.69) is 4.98 Å². The standard InChI is InChI=1S/C13H17ClN2O2/c1-16(11-4-2-3-5-12(11)17)13(18)9-6-7-15-8-10(9)14/h6-8,11-12,17H,2-5H2,1H3. The molecular formula is C13H17ClN2O2. The van der Waals surface area contributed by atoms with Crippen LogP contribution in [0.1, 0.15) is 36.0 Å². The average Bonchev–Trinajstić information content (AvgIpc) is 2.38. The van der Waals surface area contributed by atoms with E-state index < -0.39 is 6.10 Å². The van der Waals surface area contributed by atoms with Crippen molar-refractivity contribution in [2.75, 3.05) is 7.05 Å². The first-order valence-corrected chi connectivity index (χ1v) is 6.54. The fourth-order valence-electron chi connectivity index (χ4n) is 2.43. The Morgan fingerprint density at radius 1 is 1.50 bits per heavy atom. The number of carbonyl (C=O) groups is 1. The molecule has 1 amide bonds. The molecule has 0 radical (unpaired) electrons. The molecule has 1 aliphatic carbocycles. The maximum atomic E-state index is 12.3. The molecule has 1 N–H and O–H groups in total. The van der Waals surface area contributed by atoms with Crippen LogP contribution < -0.4 is 0 Å².